The topological polar surface area (TPSA) is 66.8 Å². The number of esters is 1. The van der Waals surface area contributed by atoms with Gasteiger partial charge in [-0.15, -0.1) is 0 Å². The molecule has 45 heavy (non-hydrogen) atoms. The van der Waals surface area contributed by atoms with Crippen molar-refractivity contribution in [2.75, 3.05) is 32.8 Å². The molecule has 1 N–H and O–H groups in total. The third-order valence-electron chi connectivity index (χ3n) is 9.45. The van der Waals surface area contributed by atoms with E-state index >= 15 is 0 Å². The summed E-state index contributed by atoms with van der Waals surface area (Å²) in [6.45, 7) is 8.96. The minimum atomic E-state index is 0.0207. The smallest absolute Gasteiger partial charge is 0.305 e. The first-order chi connectivity index (χ1) is 22.2. The zero-order valence-electron chi connectivity index (χ0n) is 30.5. The van der Waals surface area contributed by atoms with Crippen LogP contribution in [0.15, 0.2) is 0 Å². The van der Waals surface area contributed by atoms with Crippen LogP contribution in [0.2, 0.25) is 0 Å². The first-order valence-electron chi connectivity index (χ1n) is 20.1. The van der Waals surface area contributed by atoms with E-state index in [9.17, 15) is 14.7 Å². The van der Waals surface area contributed by atoms with Crippen molar-refractivity contribution in [1.82, 2.24) is 4.90 Å². The third-order valence-corrected chi connectivity index (χ3v) is 9.45. The first-order valence-corrected chi connectivity index (χ1v) is 20.1. The lowest BCUT2D eigenvalue weighted by molar-refractivity contribution is -0.145. The van der Waals surface area contributed by atoms with Crippen LogP contribution in [0.25, 0.3) is 0 Å². The highest BCUT2D eigenvalue weighted by Crippen LogP contribution is 2.20. The Labute approximate surface area is 281 Å². The van der Waals surface area contributed by atoms with E-state index in [1.165, 1.54) is 161 Å². The van der Waals surface area contributed by atoms with Crippen molar-refractivity contribution in [3.05, 3.63) is 0 Å². The number of carbonyl (C=O) groups is 2. The van der Waals surface area contributed by atoms with E-state index in [-0.39, 0.29) is 5.97 Å². The zero-order chi connectivity index (χ0) is 32.9. The van der Waals surface area contributed by atoms with Crippen LogP contribution in [-0.4, -0.2) is 55.1 Å². The highest BCUT2D eigenvalue weighted by Gasteiger charge is 2.12. The normalized spacial score (nSPS) is 12.2. The lowest BCUT2D eigenvalue weighted by atomic mass is 9.95. The zero-order valence-corrected chi connectivity index (χ0v) is 30.5. The highest BCUT2D eigenvalue weighted by atomic mass is 16.5. The fourth-order valence-electron chi connectivity index (χ4n) is 6.39. The Balaban J connectivity index is 3.95. The minimum Gasteiger partial charge on any atom is -0.465 e. The molecule has 0 fully saturated rings. The number of rotatable bonds is 38. The molecule has 0 aliphatic carbocycles. The monoisotopic (exact) mass is 638 g/mol. The molecule has 0 radical (unpaired) electrons. The Morgan fingerprint density at radius 1 is 0.578 bits per heavy atom. The maximum Gasteiger partial charge on any atom is 0.305 e. The highest BCUT2D eigenvalue weighted by molar-refractivity contribution is 5.69. The van der Waals surface area contributed by atoms with E-state index < -0.39 is 0 Å². The van der Waals surface area contributed by atoms with Crippen LogP contribution in [0.5, 0.6) is 0 Å². The van der Waals surface area contributed by atoms with Crippen molar-refractivity contribution in [3.8, 4) is 0 Å². The summed E-state index contributed by atoms with van der Waals surface area (Å²) in [5, 5.41) is 9.18. The van der Waals surface area contributed by atoms with Crippen LogP contribution in [0.1, 0.15) is 206 Å². The van der Waals surface area contributed by atoms with E-state index in [0.717, 1.165) is 51.4 Å². The fraction of sp³-hybridized carbons (Fsp3) is 0.950. The number of hydrogen-bond acceptors (Lipinski definition) is 5. The lowest BCUT2D eigenvalue weighted by Gasteiger charge is -2.22. The maximum absolute atomic E-state index is 12.4. The number of aliphatic hydroxyl groups excluding tert-OH is 1. The SMILES string of the molecule is CCCCCCCCC(CCCCCC)COC(=O)CCCCCCCCCN(CCCCO)CCCCCCCCCC=O. The van der Waals surface area contributed by atoms with E-state index in [4.69, 9.17) is 4.74 Å². The molecule has 0 saturated heterocycles. The van der Waals surface area contributed by atoms with Crippen molar-refractivity contribution in [2.45, 2.75) is 206 Å². The predicted molar refractivity (Wildman–Crippen MR) is 194 cm³/mol. The summed E-state index contributed by atoms with van der Waals surface area (Å²) in [6, 6.07) is 0. The van der Waals surface area contributed by atoms with E-state index in [2.05, 4.69) is 18.7 Å². The van der Waals surface area contributed by atoms with Crippen LogP contribution >= 0.6 is 0 Å². The molecule has 0 rings (SSSR count). The maximum atomic E-state index is 12.4. The van der Waals surface area contributed by atoms with Crippen molar-refractivity contribution in [1.29, 1.82) is 0 Å². The number of unbranched alkanes of at least 4 members (excludes halogenated alkanes) is 22. The Morgan fingerprint density at radius 2 is 1.00 bits per heavy atom. The van der Waals surface area contributed by atoms with Gasteiger partial charge in [0.2, 0.25) is 0 Å². The second-order valence-corrected chi connectivity index (χ2v) is 13.9. The molecule has 5 nitrogen and oxygen atoms in total. The summed E-state index contributed by atoms with van der Waals surface area (Å²) >= 11 is 0. The number of carbonyl (C=O) groups excluding carboxylic acids is 2. The summed E-state index contributed by atoms with van der Waals surface area (Å²) in [6.07, 6.45) is 37.1. The van der Waals surface area contributed by atoms with Crippen LogP contribution in [0.3, 0.4) is 0 Å². The van der Waals surface area contributed by atoms with Gasteiger partial charge in [0.15, 0.2) is 0 Å². The molecule has 0 aromatic heterocycles. The second kappa shape index (κ2) is 37.5. The van der Waals surface area contributed by atoms with Crippen LogP contribution in [0.4, 0.5) is 0 Å². The number of aliphatic hydroxyl groups is 1. The Bertz CT molecular complexity index is 599. The van der Waals surface area contributed by atoms with Crippen molar-refractivity contribution in [2.24, 2.45) is 5.92 Å². The third kappa shape index (κ3) is 34.2. The molecule has 0 bridgehead atoms. The van der Waals surface area contributed by atoms with Gasteiger partial charge in [0.25, 0.3) is 0 Å². The number of ether oxygens (including phenoxy) is 1. The van der Waals surface area contributed by atoms with Gasteiger partial charge in [0, 0.05) is 19.4 Å². The summed E-state index contributed by atoms with van der Waals surface area (Å²) in [7, 11) is 0. The Morgan fingerprint density at radius 3 is 1.51 bits per heavy atom. The fourth-order valence-corrected chi connectivity index (χ4v) is 6.39. The molecule has 0 aromatic rings. The molecule has 5 heteroatoms. The first kappa shape index (κ1) is 44.1. The van der Waals surface area contributed by atoms with Crippen LogP contribution in [-0.2, 0) is 14.3 Å². The van der Waals surface area contributed by atoms with Crippen LogP contribution < -0.4 is 0 Å². The number of aldehydes is 1. The van der Waals surface area contributed by atoms with Gasteiger partial charge >= 0.3 is 5.97 Å². The number of hydrogen-bond donors (Lipinski definition) is 1. The van der Waals surface area contributed by atoms with Gasteiger partial charge in [-0.25, -0.2) is 0 Å². The van der Waals surface area contributed by atoms with Gasteiger partial charge in [0.1, 0.15) is 6.29 Å². The lowest BCUT2D eigenvalue weighted by Crippen LogP contribution is -2.27. The molecule has 0 aromatic carbocycles. The molecule has 0 aliphatic heterocycles. The standard InChI is InChI=1S/C40H79NO4/c1-3-5-7-9-17-23-31-39(30-22-8-6-4-2)38-45-40(44)32-24-18-13-12-15-20-26-34-41(35-27-29-37-43)33-25-19-14-10-11-16-21-28-36-42/h36,39,43H,3-35,37-38H2,1-2H3. The molecule has 0 heterocycles. The van der Waals surface area contributed by atoms with Crippen molar-refractivity contribution < 1.29 is 19.4 Å². The van der Waals surface area contributed by atoms with E-state index in [1.807, 2.05) is 0 Å². The summed E-state index contributed by atoms with van der Waals surface area (Å²) < 4.78 is 5.77. The molecule has 0 spiro atoms. The van der Waals surface area contributed by atoms with Crippen molar-refractivity contribution in [3.63, 3.8) is 0 Å². The minimum absolute atomic E-state index is 0.0207. The largest absolute Gasteiger partial charge is 0.465 e. The summed E-state index contributed by atoms with van der Waals surface area (Å²) in [5.41, 5.74) is 0. The summed E-state index contributed by atoms with van der Waals surface area (Å²) in [5.74, 6) is 0.575. The predicted octanol–water partition coefficient (Wildman–Crippen LogP) is 11.4. The average molecular weight is 638 g/mol. The molecule has 0 saturated carbocycles. The molecule has 1 atom stereocenters. The molecule has 0 aliphatic rings. The van der Waals surface area contributed by atoms with Gasteiger partial charge in [-0.2, -0.15) is 0 Å². The quantitative estimate of drug-likeness (QED) is 0.0414. The van der Waals surface area contributed by atoms with Gasteiger partial charge in [-0.05, 0) is 76.9 Å². The Kier molecular flexibility index (Phi) is 36.7. The van der Waals surface area contributed by atoms with Gasteiger partial charge in [0.05, 0.1) is 6.61 Å². The molecular formula is C40H79NO4. The van der Waals surface area contributed by atoms with Gasteiger partial charge in [-0.1, -0.05) is 142 Å². The molecule has 0 amide bonds. The van der Waals surface area contributed by atoms with Crippen LogP contribution in [0, 0.1) is 5.92 Å². The van der Waals surface area contributed by atoms with Gasteiger partial charge in [-0.3, -0.25) is 4.79 Å². The molecule has 1 unspecified atom stereocenters. The average Bonchev–Trinajstić information content (AvgIpc) is 3.04. The van der Waals surface area contributed by atoms with Gasteiger partial charge < -0.3 is 19.5 Å². The molecule has 268 valence electrons. The second-order valence-electron chi connectivity index (χ2n) is 13.9. The summed E-state index contributed by atoms with van der Waals surface area (Å²) in [4.78, 5) is 25.4. The van der Waals surface area contributed by atoms with E-state index in [0.29, 0.717) is 25.6 Å². The van der Waals surface area contributed by atoms with Crippen molar-refractivity contribution >= 4 is 12.3 Å². The Hall–Kier alpha value is -0.940. The number of nitrogens with zero attached hydrogens (tertiary/aromatic N) is 1. The molecular weight excluding hydrogens is 558 g/mol. The van der Waals surface area contributed by atoms with E-state index in [1.54, 1.807) is 0 Å².